The summed E-state index contributed by atoms with van der Waals surface area (Å²) in [5.74, 6) is -1.33. The van der Waals surface area contributed by atoms with E-state index in [2.05, 4.69) is 4.89 Å². The van der Waals surface area contributed by atoms with E-state index in [9.17, 15) is 4.79 Å². The van der Waals surface area contributed by atoms with Crippen LogP contribution in [-0.2, 0) is 9.68 Å². The minimum atomic E-state index is -2.22. The van der Waals surface area contributed by atoms with E-state index in [0.29, 0.717) is 0 Å². The topological polar surface area (TPSA) is 127 Å². The fraction of sp³-hybridized carbons (Fsp3) is 0.800. The van der Waals surface area contributed by atoms with Crippen molar-refractivity contribution in [3.8, 4) is 0 Å². The number of carbonyl (C=O) groups is 1. The van der Waals surface area contributed by atoms with Crippen LogP contribution < -0.4 is 0 Å². The van der Waals surface area contributed by atoms with Gasteiger partial charge in [-0.3, -0.25) is 4.79 Å². The van der Waals surface area contributed by atoms with Crippen LogP contribution in [0.5, 0.6) is 0 Å². The summed E-state index contributed by atoms with van der Waals surface area (Å²) in [7, 11) is 0. The van der Waals surface area contributed by atoms with E-state index in [1.165, 1.54) is 0 Å². The van der Waals surface area contributed by atoms with Gasteiger partial charge in [-0.15, -0.1) is 0 Å². The highest BCUT2D eigenvalue weighted by Gasteiger charge is 2.29. The quantitative estimate of drug-likeness (QED) is 0.175. The molecule has 12 heavy (non-hydrogen) atoms. The van der Waals surface area contributed by atoms with E-state index in [1.54, 1.807) is 0 Å². The Balaban J connectivity index is 4.09. The Morgan fingerprint density at radius 1 is 1.33 bits per heavy atom. The van der Waals surface area contributed by atoms with Crippen molar-refractivity contribution < 1.29 is 35.4 Å². The van der Waals surface area contributed by atoms with Crippen LogP contribution >= 0.6 is 0 Å². The van der Waals surface area contributed by atoms with Crippen molar-refractivity contribution in [2.45, 2.75) is 18.5 Å². The summed E-state index contributed by atoms with van der Waals surface area (Å²) in [5.41, 5.74) is 0. The Morgan fingerprint density at radius 2 is 1.83 bits per heavy atom. The van der Waals surface area contributed by atoms with Crippen molar-refractivity contribution in [1.29, 1.82) is 0 Å². The zero-order valence-corrected chi connectivity index (χ0v) is 5.99. The van der Waals surface area contributed by atoms with Gasteiger partial charge in [0.05, 0.1) is 6.61 Å². The largest absolute Gasteiger partial charge is 0.394 e. The van der Waals surface area contributed by atoms with Crippen molar-refractivity contribution in [3.05, 3.63) is 0 Å². The molecular weight excluding hydrogens is 172 g/mol. The van der Waals surface area contributed by atoms with Crippen LogP contribution in [-0.4, -0.2) is 56.6 Å². The molecule has 0 fully saturated rings. The predicted octanol–water partition coefficient (Wildman–Crippen LogP) is -2.92. The predicted molar refractivity (Wildman–Crippen MR) is 33.8 cm³/mol. The fourth-order valence-corrected chi connectivity index (χ4v) is 0.487. The molecule has 0 aromatic heterocycles. The van der Waals surface area contributed by atoms with Crippen molar-refractivity contribution in [3.63, 3.8) is 0 Å². The van der Waals surface area contributed by atoms with Crippen molar-refractivity contribution in [2.24, 2.45) is 0 Å². The number of aliphatic hydroxyl groups is 4. The molecule has 0 aliphatic rings. The van der Waals surface area contributed by atoms with Crippen LogP contribution in [0.2, 0.25) is 0 Å². The maximum absolute atomic E-state index is 10.6. The standard InChI is InChI=1S/C5H10O7/c6-1-2(7)3(8)4(9)5(10)12-11/h2-3,5-8,10-11H,1H2/t2-,3-,5?/m1/s1. The summed E-state index contributed by atoms with van der Waals surface area (Å²) in [6.45, 7) is -0.842. The molecule has 0 radical (unpaired) electrons. The molecule has 72 valence electrons. The third kappa shape index (κ3) is 2.81. The zero-order chi connectivity index (χ0) is 9.72. The van der Waals surface area contributed by atoms with Gasteiger partial charge in [0, 0.05) is 0 Å². The summed E-state index contributed by atoms with van der Waals surface area (Å²) < 4.78 is 0. The summed E-state index contributed by atoms with van der Waals surface area (Å²) in [6.07, 6.45) is -5.92. The first-order valence-electron chi connectivity index (χ1n) is 3.03. The highest BCUT2D eigenvalue weighted by molar-refractivity contribution is 5.86. The number of ketones is 1. The van der Waals surface area contributed by atoms with Gasteiger partial charge in [-0.05, 0) is 0 Å². The number of carbonyl (C=O) groups excluding carboxylic acids is 1. The molecule has 1 unspecified atom stereocenters. The molecule has 0 saturated heterocycles. The number of hydrogen-bond acceptors (Lipinski definition) is 7. The number of rotatable bonds is 5. The monoisotopic (exact) mass is 182 g/mol. The normalized spacial score (nSPS) is 18.4. The Labute approximate surface area is 67.4 Å². The van der Waals surface area contributed by atoms with Gasteiger partial charge in [-0.25, -0.2) is 5.26 Å². The first-order chi connectivity index (χ1) is 5.54. The van der Waals surface area contributed by atoms with Gasteiger partial charge >= 0.3 is 0 Å². The molecule has 0 aromatic rings. The van der Waals surface area contributed by atoms with Crippen LogP contribution in [0.25, 0.3) is 0 Å². The maximum atomic E-state index is 10.6. The fourth-order valence-electron chi connectivity index (χ4n) is 0.487. The second kappa shape index (κ2) is 5.14. The lowest BCUT2D eigenvalue weighted by molar-refractivity contribution is -0.323. The Kier molecular flexibility index (Phi) is 4.90. The maximum Gasteiger partial charge on any atom is 0.250 e. The molecule has 0 aromatic carbocycles. The molecule has 0 heterocycles. The summed E-state index contributed by atoms with van der Waals surface area (Å²) in [6, 6.07) is 0. The molecule has 0 aliphatic carbocycles. The lowest BCUT2D eigenvalue weighted by atomic mass is 10.1. The van der Waals surface area contributed by atoms with Crippen LogP contribution in [0.3, 0.4) is 0 Å². The molecule has 0 bridgehead atoms. The average molecular weight is 182 g/mol. The molecule has 0 aliphatic heterocycles. The van der Waals surface area contributed by atoms with Crippen LogP contribution in [0.1, 0.15) is 0 Å². The van der Waals surface area contributed by atoms with Crippen LogP contribution in [0, 0.1) is 0 Å². The van der Waals surface area contributed by atoms with E-state index in [-0.39, 0.29) is 0 Å². The molecule has 0 spiro atoms. The first-order valence-corrected chi connectivity index (χ1v) is 3.03. The van der Waals surface area contributed by atoms with E-state index in [4.69, 9.17) is 25.7 Å². The van der Waals surface area contributed by atoms with Crippen molar-refractivity contribution in [2.75, 3.05) is 6.61 Å². The van der Waals surface area contributed by atoms with Gasteiger partial charge in [0.1, 0.15) is 12.2 Å². The van der Waals surface area contributed by atoms with E-state index in [1.807, 2.05) is 0 Å². The molecule has 0 amide bonds. The molecule has 0 rings (SSSR count). The third-order valence-electron chi connectivity index (χ3n) is 1.19. The third-order valence-corrected chi connectivity index (χ3v) is 1.19. The minimum absolute atomic E-state index is 0.842. The number of hydrogen-bond donors (Lipinski definition) is 5. The van der Waals surface area contributed by atoms with Gasteiger partial charge in [0.15, 0.2) is 0 Å². The average Bonchev–Trinajstić information content (AvgIpc) is 2.12. The second-order valence-corrected chi connectivity index (χ2v) is 2.05. The molecule has 3 atom stereocenters. The molecule has 0 saturated carbocycles. The Bertz CT molecular complexity index is 147. The lowest BCUT2D eigenvalue weighted by Crippen LogP contribution is -2.42. The first kappa shape index (κ1) is 11.4. The van der Waals surface area contributed by atoms with Gasteiger partial charge in [-0.2, -0.15) is 4.89 Å². The summed E-state index contributed by atoms with van der Waals surface area (Å²) >= 11 is 0. The second-order valence-electron chi connectivity index (χ2n) is 2.05. The highest BCUT2D eigenvalue weighted by atomic mass is 17.1. The van der Waals surface area contributed by atoms with Gasteiger partial charge in [0.25, 0.3) is 6.29 Å². The zero-order valence-electron chi connectivity index (χ0n) is 5.99. The molecule has 7 heteroatoms. The van der Waals surface area contributed by atoms with Gasteiger partial charge in [-0.1, -0.05) is 0 Å². The highest BCUT2D eigenvalue weighted by Crippen LogP contribution is 1.98. The molecule has 5 N–H and O–H groups in total. The van der Waals surface area contributed by atoms with Gasteiger partial charge in [0.2, 0.25) is 5.78 Å². The van der Waals surface area contributed by atoms with Gasteiger partial charge < -0.3 is 20.4 Å². The van der Waals surface area contributed by atoms with Crippen LogP contribution in [0.15, 0.2) is 0 Å². The smallest absolute Gasteiger partial charge is 0.250 e. The number of aliphatic hydroxyl groups excluding tert-OH is 4. The Morgan fingerprint density at radius 3 is 2.17 bits per heavy atom. The molecular formula is C5H10O7. The van der Waals surface area contributed by atoms with E-state index in [0.717, 1.165) is 0 Å². The molecule has 7 nitrogen and oxygen atoms in total. The number of Topliss-reactive ketones (excluding diaryl/α,β-unsaturated/α-hetero) is 1. The van der Waals surface area contributed by atoms with Crippen molar-refractivity contribution >= 4 is 5.78 Å². The summed E-state index contributed by atoms with van der Waals surface area (Å²) in [4.78, 5) is 13.8. The SMILES string of the molecule is O=C(C(O)OO)[C@H](O)[C@H](O)CO. The Hall–Kier alpha value is -0.570. The summed E-state index contributed by atoms with van der Waals surface area (Å²) in [5, 5.41) is 42.0. The lowest BCUT2D eigenvalue weighted by Gasteiger charge is -2.15. The minimum Gasteiger partial charge on any atom is -0.394 e. The van der Waals surface area contributed by atoms with Crippen LogP contribution in [0.4, 0.5) is 0 Å². The van der Waals surface area contributed by atoms with E-state index < -0.39 is 30.9 Å². The van der Waals surface area contributed by atoms with E-state index >= 15 is 0 Å². The van der Waals surface area contributed by atoms with Crippen molar-refractivity contribution in [1.82, 2.24) is 0 Å².